The zero-order chi connectivity index (χ0) is 14.8. The Morgan fingerprint density at radius 3 is 3.00 bits per heavy atom. The highest BCUT2D eigenvalue weighted by atomic mass is 79.9. The standard InChI is InChI=1S/C14H13BrN4O2/c15-11-7-13(19(20)21)14(17-9-11)18-6-2-4-12(18)10-3-1-5-16-8-10/h1,3,5,7-9,12H,2,4,6H2. The second kappa shape index (κ2) is 5.77. The summed E-state index contributed by atoms with van der Waals surface area (Å²) in [5.41, 5.74) is 1.09. The van der Waals surface area contributed by atoms with Crippen LogP contribution in [0.25, 0.3) is 0 Å². The van der Waals surface area contributed by atoms with Crippen LogP contribution in [0.1, 0.15) is 24.4 Å². The fourth-order valence-electron chi connectivity index (χ4n) is 2.72. The number of nitro groups is 1. The van der Waals surface area contributed by atoms with E-state index in [0.29, 0.717) is 10.3 Å². The lowest BCUT2D eigenvalue weighted by Gasteiger charge is -2.25. The van der Waals surface area contributed by atoms with Gasteiger partial charge in [-0.15, -0.1) is 0 Å². The van der Waals surface area contributed by atoms with Gasteiger partial charge in [-0.1, -0.05) is 6.07 Å². The number of aromatic nitrogens is 2. The van der Waals surface area contributed by atoms with Gasteiger partial charge < -0.3 is 4.90 Å². The molecule has 3 heterocycles. The molecule has 0 saturated carbocycles. The molecule has 3 rings (SSSR count). The summed E-state index contributed by atoms with van der Waals surface area (Å²) < 4.78 is 0.607. The molecule has 2 aromatic heterocycles. The SMILES string of the molecule is O=[N+]([O-])c1cc(Br)cnc1N1CCCC1c1cccnc1. The third-order valence-corrected chi connectivity index (χ3v) is 4.04. The van der Waals surface area contributed by atoms with E-state index in [2.05, 4.69) is 25.9 Å². The largest absolute Gasteiger partial charge is 0.344 e. The van der Waals surface area contributed by atoms with Gasteiger partial charge >= 0.3 is 5.69 Å². The first-order valence-corrected chi connectivity index (χ1v) is 7.42. The van der Waals surface area contributed by atoms with E-state index in [9.17, 15) is 10.1 Å². The Kier molecular flexibility index (Phi) is 3.83. The second-order valence-electron chi connectivity index (χ2n) is 4.89. The number of nitrogens with zero attached hydrogens (tertiary/aromatic N) is 4. The molecule has 7 heteroatoms. The van der Waals surface area contributed by atoms with Gasteiger partial charge in [0.2, 0.25) is 5.82 Å². The molecule has 1 aliphatic rings. The van der Waals surface area contributed by atoms with E-state index in [1.54, 1.807) is 12.4 Å². The van der Waals surface area contributed by atoms with E-state index in [4.69, 9.17) is 0 Å². The molecule has 0 bridgehead atoms. The number of hydrogen-bond acceptors (Lipinski definition) is 5. The quantitative estimate of drug-likeness (QED) is 0.627. The molecule has 108 valence electrons. The third kappa shape index (κ3) is 2.73. The first-order chi connectivity index (χ1) is 10.2. The second-order valence-corrected chi connectivity index (χ2v) is 5.81. The van der Waals surface area contributed by atoms with Crippen LogP contribution < -0.4 is 4.90 Å². The van der Waals surface area contributed by atoms with Gasteiger partial charge in [0.05, 0.1) is 11.0 Å². The predicted molar refractivity (Wildman–Crippen MR) is 82.1 cm³/mol. The van der Waals surface area contributed by atoms with Crippen molar-refractivity contribution in [1.82, 2.24) is 9.97 Å². The maximum absolute atomic E-state index is 11.3. The summed E-state index contributed by atoms with van der Waals surface area (Å²) >= 11 is 3.24. The van der Waals surface area contributed by atoms with Crippen molar-refractivity contribution in [3.8, 4) is 0 Å². The average Bonchev–Trinajstić information content (AvgIpc) is 2.97. The van der Waals surface area contributed by atoms with Crippen molar-refractivity contribution in [2.75, 3.05) is 11.4 Å². The Bertz CT molecular complexity index is 665. The van der Waals surface area contributed by atoms with Crippen LogP contribution >= 0.6 is 15.9 Å². The van der Waals surface area contributed by atoms with E-state index >= 15 is 0 Å². The highest BCUT2D eigenvalue weighted by Crippen LogP contribution is 2.39. The van der Waals surface area contributed by atoms with Crippen LogP contribution in [0, 0.1) is 10.1 Å². The Labute approximate surface area is 130 Å². The average molecular weight is 349 g/mol. The van der Waals surface area contributed by atoms with Gasteiger partial charge in [0, 0.05) is 35.7 Å². The fourth-order valence-corrected chi connectivity index (χ4v) is 3.04. The van der Waals surface area contributed by atoms with Crippen molar-refractivity contribution in [1.29, 1.82) is 0 Å². The Morgan fingerprint density at radius 1 is 1.43 bits per heavy atom. The van der Waals surface area contributed by atoms with Crippen LogP contribution in [0.15, 0.2) is 41.3 Å². The van der Waals surface area contributed by atoms with Gasteiger partial charge in [-0.3, -0.25) is 15.1 Å². The van der Waals surface area contributed by atoms with Gasteiger partial charge in [-0.05, 0) is 40.4 Å². The molecule has 0 radical (unpaired) electrons. The van der Waals surface area contributed by atoms with Crippen molar-refractivity contribution < 1.29 is 4.92 Å². The van der Waals surface area contributed by atoms with Crippen LogP contribution in [0.5, 0.6) is 0 Å². The lowest BCUT2D eigenvalue weighted by molar-refractivity contribution is -0.384. The number of hydrogen-bond donors (Lipinski definition) is 0. The Morgan fingerprint density at radius 2 is 2.29 bits per heavy atom. The lowest BCUT2D eigenvalue weighted by atomic mass is 10.1. The highest BCUT2D eigenvalue weighted by molar-refractivity contribution is 9.10. The summed E-state index contributed by atoms with van der Waals surface area (Å²) in [5, 5.41) is 11.3. The molecular weight excluding hydrogens is 336 g/mol. The molecule has 1 fully saturated rings. The van der Waals surface area contributed by atoms with Gasteiger partial charge in [0.25, 0.3) is 0 Å². The highest BCUT2D eigenvalue weighted by Gasteiger charge is 2.32. The van der Waals surface area contributed by atoms with Crippen LogP contribution in [-0.4, -0.2) is 21.4 Å². The molecule has 0 spiro atoms. The minimum Gasteiger partial charge on any atom is -0.344 e. The zero-order valence-electron chi connectivity index (χ0n) is 11.1. The van der Waals surface area contributed by atoms with Gasteiger partial charge in [-0.2, -0.15) is 0 Å². The number of anilines is 1. The van der Waals surface area contributed by atoms with E-state index in [-0.39, 0.29) is 16.7 Å². The molecule has 1 unspecified atom stereocenters. The Balaban J connectivity index is 2.01. The van der Waals surface area contributed by atoms with Crippen molar-refractivity contribution in [3.05, 3.63) is 56.9 Å². The maximum atomic E-state index is 11.3. The first-order valence-electron chi connectivity index (χ1n) is 6.63. The minimum absolute atomic E-state index is 0.0279. The maximum Gasteiger partial charge on any atom is 0.312 e. The monoisotopic (exact) mass is 348 g/mol. The van der Waals surface area contributed by atoms with E-state index < -0.39 is 0 Å². The summed E-state index contributed by atoms with van der Waals surface area (Å²) in [4.78, 5) is 21.3. The summed E-state index contributed by atoms with van der Waals surface area (Å²) in [7, 11) is 0. The number of halogens is 1. The molecular formula is C14H13BrN4O2. The summed E-state index contributed by atoms with van der Waals surface area (Å²) in [6, 6.07) is 5.47. The fraction of sp³-hybridized carbons (Fsp3) is 0.286. The van der Waals surface area contributed by atoms with Crippen LogP contribution in [0.4, 0.5) is 11.5 Å². The number of rotatable bonds is 3. The molecule has 0 N–H and O–H groups in total. The number of pyridine rings is 2. The first kappa shape index (κ1) is 13.9. The van der Waals surface area contributed by atoms with Crippen molar-refractivity contribution in [2.24, 2.45) is 0 Å². The van der Waals surface area contributed by atoms with E-state index in [0.717, 1.165) is 24.9 Å². The van der Waals surface area contributed by atoms with Gasteiger partial charge in [0.1, 0.15) is 0 Å². The predicted octanol–water partition coefficient (Wildman–Crippen LogP) is 3.49. The van der Waals surface area contributed by atoms with Gasteiger partial charge in [0.15, 0.2) is 0 Å². The van der Waals surface area contributed by atoms with E-state index in [1.807, 2.05) is 23.2 Å². The molecule has 0 aliphatic carbocycles. The zero-order valence-corrected chi connectivity index (χ0v) is 12.7. The van der Waals surface area contributed by atoms with Crippen LogP contribution in [0.3, 0.4) is 0 Å². The molecule has 1 atom stereocenters. The van der Waals surface area contributed by atoms with Crippen molar-refractivity contribution >= 4 is 27.4 Å². The molecule has 21 heavy (non-hydrogen) atoms. The molecule has 0 aromatic carbocycles. The minimum atomic E-state index is -0.383. The van der Waals surface area contributed by atoms with Crippen LogP contribution in [0.2, 0.25) is 0 Å². The molecule has 1 aliphatic heterocycles. The molecule has 0 amide bonds. The normalized spacial score (nSPS) is 18.0. The summed E-state index contributed by atoms with van der Waals surface area (Å²) in [6.07, 6.45) is 7.06. The lowest BCUT2D eigenvalue weighted by Crippen LogP contribution is -2.24. The molecule has 1 saturated heterocycles. The van der Waals surface area contributed by atoms with Crippen LogP contribution in [-0.2, 0) is 0 Å². The molecule has 6 nitrogen and oxygen atoms in total. The van der Waals surface area contributed by atoms with Crippen molar-refractivity contribution in [3.63, 3.8) is 0 Å². The summed E-state index contributed by atoms with van der Waals surface area (Å²) in [5.74, 6) is 0.426. The third-order valence-electron chi connectivity index (χ3n) is 3.60. The Hall–Kier alpha value is -2.02. The van der Waals surface area contributed by atoms with E-state index in [1.165, 1.54) is 6.07 Å². The molecule has 2 aromatic rings. The topological polar surface area (TPSA) is 72.2 Å². The smallest absolute Gasteiger partial charge is 0.312 e. The van der Waals surface area contributed by atoms with Crippen molar-refractivity contribution in [2.45, 2.75) is 18.9 Å². The van der Waals surface area contributed by atoms with Gasteiger partial charge in [-0.25, -0.2) is 4.98 Å². The summed E-state index contributed by atoms with van der Waals surface area (Å²) in [6.45, 7) is 0.759.